The van der Waals surface area contributed by atoms with E-state index in [0.29, 0.717) is 26.4 Å². The van der Waals surface area contributed by atoms with E-state index in [1.807, 2.05) is 0 Å². The molecule has 0 saturated heterocycles. The van der Waals surface area contributed by atoms with Gasteiger partial charge in [-0.2, -0.15) is 0 Å². The second-order valence-electron chi connectivity index (χ2n) is 5.04. The molecule has 0 bridgehead atoms. The third-order valence-corrected chi connectivity index (χ3v) is 3.61. The summed E-state index contributed by atoms with van der Waals surface area (Å²) < 4.78 is 16.3. The van der Waals surface area contributed by atoms with Crippen LogP contribution in [0.1, 0.15) is 45.4 Å². The van der Waals surface area contributed by atoms with Crippen molar-refractivity contribution in [3.05, 3.63) is 0 Å². The lowest BCUT2D eigenvalue weighted by Gasteiger charge is -2.07. The largest absolute Gasteiger partial charge is 0.379 e. The van der Waals surface area contributed by atoms with E-state index in [-0.39, 0.29) is 0 Å². The van der Waals surface area contributed by atoms with Crippen molar-refractivity contribution in [1.82, 2.24) is 5.32 Å². The molecule has 0 aromatic rings. The fourth-order valence-electron chi connectivity index (χ4n) is 1.76. The van der Waals surface area contributed by atoms with Crippen LogP contribution < -0.4 is 5.32 Å². The first-order chi connectivity index (χ1) is 10.4. The molecule has 0 aliphatic carbocycles. The van der Waals surface area contributed by atoms with Crippen LogP contribution in [0.3, 0.4) is 0 Å². The molecule has 1 N–H and O–H groups in total. The predicted molar refractivity (Wildman–Crippen MR) is 92.5 cm³/mol. The summed E-state index contributed by atoms with van der Waals surface area (Å²) in [4.78, 5) is 0. The molecule has 0 aromatic carbocycles. The SMILES string of the molecule is CCCCOCCOCCOCCNCCCCCCBr. The van der Waals surface area contributed by atoms with Gasteiger partial charge in [0, 0.05) is 18.5 Å². The van der Waals surface area contributed by atoms with Gasteiger partial charge in [-0.25, -0.2) is 0 Å². The number of alkyl halides is 1. The second kappa shape index (κ2) is 20.3. The van der Waals surface area contributed by atoms with Crippen LogP contribution in [0.4, 0.5) is 0 Å². The molecular formula is C16H34BrNO3. The molecule has 0 atom stereocenters. The van der Waals surface area contributed by atoms with Gasteiger partial charge in [-0.3, -0.25) is 0 Å². The van der Waals surface area contributed by atoms with Crippen LogP contribution in [0.2, 0.25) is 0 Å². The summed E-state index contributed by atoms with van der Waals surface area (Å²) in [6.07, 6.45) is 7.49. The molecule has 0 spiro atoms. The average Bonchev–Trinajstić information content (AvgIpc) is 2.50. The van der Waals surface area contributed by atoms with E-state index in [1.54, 1.807) is 0 Å². The van der Waals surface area contributed by atoms with Gasteiger partial charge in [0.05, 0.1) is 33.0 Å². The van der Waals surface area contributed by atoms with Crippen molar-refractivity contribution in [2.45, 2.75) is 45.4 Å². The molecule has 128 valence electrons. The van der Waals surface area contributed by atoms with Crippen LogP contribution in [0.25, 0.3) is 0 Å². The Kier molecular flexibility index (Phi) is 20.6. The van der Waals surface area contributed by atoms with Gasteiger partial charge in [-0.1, -0.05) is 42.1 Å². The Balaban J connectivity index is 2.90. The van der Waals surface area contributed by atoms with Gasteiger partial charge in [0.2, 0.25) is 0 Å². The van der Waals surface area contributed by atoms with Crippen LogP contribution in [0, 0.1) is 0 Å². The maximum absolute atomic E-state index is 5.49. The van der Waals surface area contributed by atoms with Crippen molar-refractivity contribution < 1.29 is 14.2 Å². The smallest absolute Gasteiger partial charge is 0.0701 e. The lowest BCUT2D eigenvalue weighted by Crippen LogP contribution is -2.21. The van der Waals surface area contributed by atoms with Crippen LogP contribution in [0.15, 0.2) is 0 Å². The number of hydrogen-bond acceptors (Lipinski definition) is 4. The maximum Gasteiger partial charge on any atom is 0.0701 e. The highest BCUT2D eigenvalue weighted by molar-refractivity contribution is 9.09. The molecule has 5 heteroatoms. The van der Waals surface area contributed by atoms with Gasteiger partial charge in [-0.15, -0.1) is 0 Å². The number of nitrogens with one attached hydrogen (secondary N) is 1. The van der Waals surface area contributed by atoms with E-state index in [0.717, 1.165) is 38.1 Å². The molecule has 0 rings (SSSR count). The Morgan fingerprint density at radius 3 is 1.95 bits per heavy atom. The molecule has 21 heavy (non-hydrogen) atoms. The number of rotatable bonds is 18. The highest BCUT2D eigenvalue weighted by atomic mass is 79.9. The van der Waals surface area contributed by atoms with Crippen LogP contribution in [-0.4, -0.2) is 58.1 Å². The minimum absolute atomic E-state index is 0.656. The first kappa shape index (κ1) is 21.3. The van der Waals surface area contributed by atoms with Crippen molar-refractivity contribution >= 4 is 15.9 Å². The highest BCUT2D eigenvalue weighted by Gasteiger charge is 1.93. The zero-order valence-corrected chi connectivity index (χ0v) is 15.3. The number of ether oxygens (including phenoxy) is 3. The van der Waals surface area contributed by atoms with Crippen LogP contribution in [-0.2, 0) is 14.2 Å². The van der Waals surface area contributed by atoms with Gasteiger partial charge in [0.25, 0.3) is 0 Å². The maximum atomic E-state index is 5.49. The minimum Gasteiger partial charge on any atom is -0.379 e. The van der Waals surface area contributed by atoms with Gasteiger partial charge in [0.1, 0.15) is 0 Å². The van der Waals surface area contributed by atoms with Crippen molar-refractivity contribution in [3.63, 3.8) is 0 Å². The molecule has 0 aliphatic heterocycles. The molecule has 0 heterocycles. The van der Waals surface area contributed by atoms with Gasteiger partial charge in [-0.05, 0) is 25.8 Å². The molecular weight excluding hydrogens is 334 g/mol. The van der Waals surface area contributed by atoms with Gasteiger partial charge < -0.3 is 19.5 Å². The molecule has 0 saturated carbocycles. The molecule has 0 unspecified atom stereocenters. The summed E-state index contributed by atoms with van der Waals surface area (Å²) in [5.74, 6) is 0. The highest BCUT2D eigenvalue weighted by Crippen LogP contribution is 2.00. The van der Waals surface area contributed by atoms with Gasteiger partial charge >= 0.3 is 0 Å². The molecule has 0 aromatic heterocycles. The molecule has 0 aliphatic rings. The lowest BCUT2D eigenvalue weighted by atomic mass is 10.2. The number of halogens is 1. The molecule has 0 radical (unpaired) electrons. The predicted octanol–water partition coefficient (Wildman–Crippen LogP) is 3.38. The van der Waals surface area contributed by atoms with Crippen molar-refractivity contribution in [2.75, 3.05) is 58.1 Å². The first-order valence-electron chi connectivity index (χ1n) is 8.41. The van der Waals surface area contributed by atoms with E-state index in [2.05, 4.69) is 28.2 Å². The van der Waals surface area contributed by atoms with E-state index in [4.69, 9.17) is 14.2 Å². The third kappa shape index (κ3) is 20.3. The van der Waals surface area contributed by atoms with Crippen LogP contribution in [0.5, 0.6) is 0 Å². The van der Waals surface area contributed by atoms with E-state index >= 15 is 0 Å². The zero-order valence-electron chi connectivity index (χ0n) is 13.7. The van der Waals surface area contributed by atoms with Crippen molar-refractivity contribution in [2.24, 2.45) is 0 Å². The molecule has 0 fully saturated rings. The Bertz CT molecular complexity index is 167. The van der Waals surface area contributed by atoms with Crippen molar-refractivity contribution in [1.29, 1.82) is 0 Å². The lowest BCUT2D eigenvalue weighted by molar-refractivity contribution is 0.0147. The summed E-state index contributed by atoms with van der Waals surface area (Å²) in [5.41, 5.74) is 0. The standard InChI is InChI=1S/C16H34BrNO3/c1-2-3-11-19-13-15-21-16-14-20-12-10-18-9-7-5-4-6-8-17/h18H,2-16H2,1H3. The van der Waals surface area contributed by atoms with Crippen LogP contribution >= 0.6 is 15.9 Å². The monoisotopic (exact) mass is 367 g/mol. The normalized spacial score (nSPS) is 11.1. The fourth-order valence-corrected chi connectivity index (χ4v) is 2.15. The quantitative estimate of drug-likeness (QED) is 0.297. The third-order valence-electron chi connectivity index (χ3n) is 3.05. The molecule has 0 amide bonds. The minimum atomic E-state index is 0.656. The molecule has 4 nitrogen and oxygen atoms in total. The number of hydrogen-bond donors (Lipinski definition) is 1. The van der Waals surface area contributed by atoms with Crippen molar-refractivity contribution in [3.8, 4) is 0 Å². The van der Waals surface area contributed by atoms with Gasteiger partial charge in [0.15, 0.2) is 0 Å². The van der Waals surface area contributed by atoms with E-state index < -0.39 is 0 Å². The Morgan fingerprint density at radius 1 is 0.667 bits per heavy atom. The zero-order chi connectivity index (χ0) is 15.4. The summed E-state index contributed by atoms with van der Waals surface area (Å²) in [7, 11) is 0. The Labute approximate surface area is 139 Å². The second-order valence-corrected chi connectivity index (χ2v) is 5.84. The topological polar surface area (TPSA) is 39.7 Å². The summed E-state index contributed by atoms with van der Waals surface area (Å²) >= 11 is 3.45. The fraction of sp³-hybridized carbons (Fsp3) is 1.00. The Hall–Kier alpha value is 0.320. The Morgan fingerprint density at radius 2 is 1.29 bits per heavy atom. The van der Waals surface area contributed by atoms with E-state index in [9.17, 15) is 0 Å². The van der Waals surface area contributed by atoms with E-state index in [1.165, 1.54) is 32.1 Å². The summed E-state index contributed by atoms with van der Waals surface area (Å²) in [5, 5.41) is 4.52. The first-order valence-corrected chi connectivity index (χ1v) is 9.53. The summed E-state index contributed by atoms with van der Waals surface area (Å²) in [6.45, 7) is 8.48. The average molecular weight is 368 g/mol. The summed E-state index contributed by atoms with van der Waals surface area (Å²) in [6, 6.07) is 0. The number of unbranched alkanes of at least 4 members (excludes halogenated alkanes) is 4.